The topological polar surface area (TPSA) is 101 Å². The van der Waals surface area contributed by atoms with Crippen LogP contribution >= 0.6 is 0 Å². The van der Waals surface area contributed by atoms with Crippen molar-refractivity contribution < 1.29 is 23.1 Å². The zero-order valence-corrected chi connectivity index (χ0v) is 8.90. The fourth-order valence-corrected chi connectivity index (χ4v) is 1.84. The molecule has 0 aliphatic carbocycles. The molecule has 1 rings (SSSR count). The summed E-state index contributed by atoms with van der Waals surface area (Å²) in [6, 6.07) is 7.33. The molecule has 0 aliphatic heterocycles. The van der Waals surface area contributed by atoms with Crippen LogP contribution in [0.25, 0.3) is 0 Å². The van der Waals surface area contributed by atoms with Crippen LogP contribution in [-0.2, 0) is 14.8 Å². The Balaban J connectivity index is 2.85. The Kier molecular flexibility index (Phi) is 3.75. The average Bonchev–Trinajstić information content (AvgIpc) is 2.27. The Bertz CT molecular complexity index is 494. The van der Waals surface area contributed by atoms with Crippen molar-refractivity contribution in [2.75, 3.05) is 6.54 Å². The lowest BCUT2D eigenvalue weighted by molar-refractivity contribution is -0.135. The van der Waals surface area contributed by atoms with Gasteiger partial charge < -0.3 is 5.11 Å². The molecule has 16 heavy (non-hydrogen) atoms. The second-order valence-electron chi connectivity index (χ2n) is 2.87. The highest BCUT2D eigenvalue weighted by atomic mass is 32.2. The minimum atomic E-state index is -4.28. The Hall–Kier alpha value is -1.73. The van der Waals surface area contributed by atoms with Gasteiger partial charge in [0.1, 0.15) is 6.54 Å². The summed E-state index contributed by atoms with van der Waals surface area (Å²) in [6.07, 6.45) is 0. The van der Waals surface area contributed by atoms with E-state index in [0.29, 0.717) is 0 Å². The number of nitrogens with one attached hydrogen (secondary N) is 1. The van der Waals surface area contributed by atoms with Gasteiger partial charge in [-0.1, -0.05) is 30.3 Å². The molecule has 0 atom stereocenters. The highest BCUT2D eigenvalue weighted by molar-refractivity contribution is 8.05. The second kappa shape index (κ2) is 4.86. The maximum absolute atomic E-state index is 11.4. The predicted octanol–water partition coefficient (Wildman–Crippen LogP) is -0.169. The summed E-state index contributed by atoms with van der Waals surface area (Å²) >= 11 is 0. The lowest BCUT2D eigenvalue weighted by atomic mass is 10.2. The predicted molar refractivity (Wildman–Crippen MR) is 55.3 cm³/mol. The molecule has 86 valence electrons. The van der Waals surface area contributed by atoms with E-state index >= 15 is 0 Å². The third-order valence-corrected chi connectivity index (χ3v) is 2.92. The first kappa shape index (κ1) is 12.3. The highest BCUT2D eigenvalue weighted by Gasteiger charge is 2.23. The van der Waals surface area contributed by atoms with Gasteiger partial charge in [0.25, 0.3) is 15.1 Å². The van der Waals surface area contributed by atoms with Crippen LogP contribution < -0.4 is 4.72 Å². The molecule has 0 unspecified atom stereocenters. The van der Waals surface area contributed by atoms with Gasteiger partial charge in [-0.2, -0.15) is 4.72 Å². The van der Waals surface area contributed by atoms with Gasteiger partial charge in [0.05, 0.1) is 0 Å². The number of carboxylic acid groups (broad SMARTS) is 1. The van der Waals surface area contributed by atoms with Gasteiger partial charge in [-0.15, -0.1) is 0 Å². The summed E-state index contributed by atoms with van der Waals surface area (Å²) in [6.45, 7) is -0.819. The van der Waals surface area contributed by atoms with Crippen LogP contribution in [0.5, 0.6) is 0 Å². The molecule has 0 bridgehead atoms. The summed E-state index contributed by atoms with van der Waals surface area (Å²) in [5, 5.41) is 7.15. The largest absolute Gasteiger partial charge is 0.480 e. The van der Waals surface area contributed by atoms with E-state index in [1.807, 2.05) is 0 Å². The Morgan fingerprint density at radius 3 is 2.25 bits per heavy atom. The van der Waals surface area contributed by atoms with E-state index in [-0.39, 0.29) is 5.56 Å². The van der Waals surface area contributed by atoms with Crippen LogP contribution in [0.2, 0.25) is 0 Å². The summed E-state index contributed by atoms with van der Waals surface area (Å²) in [7, 11) is -4.28. The number of hydrogen-bond acceptors (Lipinski definition) is 4. The molecule has 0 fully saturated rings. The summed E-state index contributed by atoms with van der Waals surface area (Å²) in [5.74, 6) is -1.36. The third kappa shape index (κ3) is 3.14. The average molecular weight is 243 g/mol. The molecule has 7 heteroatoms. The van der Waals surface area contributed by atoms with Crippen LogP contribution in [0.3, 0.4) is 0 Å². The van der Waals surface area contributed by atoms with Crippen LogP contribution in [-0.4, -0.2) is 31.2 Å². The van der Waals surface area contributed by atoms with Gasteiger partial charge in [-0.25, -0.2) is 8.42 Å². The molecule has 0 heterocycles. The highest BCUT2D eigenvalue weighted by Crippen LogP contribution is 2.04. The van der Waals surface area contributed by atoms with Gasteiger partial charge >= 0.3 is 5.97 Å². The minimum Gasteiger partial charge on any atom is -0.480 e. The first-order valence-electron chi connectivity index (χ1n) is 4.24. The smallest absolute Gasteiger partial charge is 0.318 e. The van der Waals surface area contributed by atoms with Crippen LogP contribution in [0.15, 0.2) is 30.3 Å². The van der Waals surface area contributed by atoms with Crippen LogP contribution in [0.1, 0.15) is 10.4 Å². The van der Waals surface area contributed by atoms with Gasteiger partial charge in [-0.3, -0.25) is 9.59 Å². The van der Waals surface area contributed by atoms with Crippen molar-refractivity contribution in [1.82, 2.24) is 4.72 Å². The van der Waals surface area contributed by atoms with Crippen molar-refractivity contribution in [3.8, 4) is 0 Å². The van der Waals surface area contributed by atoms with E-state index in [1.165, 1.54) is 24.3 Å². The Morgan fingerprint density at radius 2 is 1.75 bits per heavy atom. The van der Waals surface area contributed by atoms with Gasteiger partial charge in [0, 0.05) is 5.56 Å². The van der Waals surface area contributed by atoms with Crippen LogP contribution in [0.4, 0.5) is 0 Å². The zero-order chi connectivity index (χ0) is 12.2. The molecule has 0 radical (unpaired) electrons. The number of carbonyl (C=O) groups is 2. The fraction of sp³-hybridized carbons (Fsp3) is 0.111. The number of rotatable bonds is 4. The molecule has 0 aromatic heterocycles. The van der Waals surface area contributed by atoms with E-state index in [0.717, 1.165) is 0 Å². The van der Waals surface area contributed by atoms with Crippen molar-refractivity contribution >= 4 is 21.1 Å². The molecule has 6 nitrogen and oxygen atoms in total. The van der Waals surface area contributed by atoms with Crippen molar-refractivity contribution in [3.63, 3.8) is 0 Å². The van der Waals surface area contributed by atoms with Gasteiger partial charge in [0.15, 0.2) is 0 Å². The molecular weight excluding hydrogens is 234 g/mol. The standard InChI is InChI=1S/C9H9NO5S/c11-8(12)6-10-16(14,15)9(13)7-4-2-1-3-5-7/h1-5,10H,6H2,(H,11,12). The van der Waals surface area contributed by atoms with Crippen LogP contribution in [0, 0.1) is 0 Å². The van der Waals surface area contributed by atoms with Crippen molar-refractivity contribution in [1.29, 1.82) is 0 Å². The molecule has 0 aliphatic rings. The summed E-state index contributed by atoms with van der Waals surface area (Å²) in [5.41, 5.74) is -0.0135. The maximum atomic E-state index is 11.4. The van der Waals surface area contributed by atoms with Crippen molar-refractivity contribution in [2.24, 2.45) is 0 Å². The number of aliphatic carboxylic acids is 1. The van der Waals surface area contributed by atoms with E-state index in [4.69, 9.17) is 5.11 Å². The van der Waals surface area contributed by atoms with E-state index < -0.39 is 27.7 Å². The molecule has 0 amide bonds. The lowest BCUT2D eigenvalue weighted by Crippen LogP contribution is -2.34. The lowest BCUT2D eigenvalue weighted by Gasteiger charge is -2.02. The SMILES string of the molecule is O=C(O)CNS(=O)(=O)C(=O)c1ccccc1. The quantitative estimate of drug-likeness (QED) is 0.764. The van der Waals surface area contributed by atoms with Gasteiger partial charge in [-0.05, 0) is 0 Å². The number of carbonyl (C=O) groups excluding carboxylic acids is 1. The fourth-order valence-electron chi connectivity index (χ4n) is 0.952. The maximum Gasteiger partial charge on any atom is 0.318 e. The molecule has 1 aromatic rings. The normalized spacial score (nSPS) is 11.0. The number of benzene rings is 1. The third-order valence-electron chi connectivity index (χ3n) is 1.67. The molecule has 2 N–H and O–H groups in total. The Morgan fingerprint density at radius 1 is 1.19 bits per heavy atom. The zero-order valence-electron chi connectivity index (χ0n) is 8.08. The van der Waals surface area contributed by atoms with Crippen molar-refractivity contribution in [2.45, 2.75) is 0 Å². The van der Waals surface area contributed by atoms with Crippen molar-refractivity contribution in [3.05, 3.63) is 35.9 Å². The monoisotopic (exact) mass is 243 g/mol. The molecule has 0 spiro atoms. The van der Waals surface area contributed by atoms with E-state index in [1.54, 1.807) is 10.8 Å². The number of carboxylic acids is 1. The summed E-state index contributed by atoms with van der Waals surface area (Å²) < 4.78 is 24.3. The first-order chi connectivity index (χ1) is 7.43. The minimum absolute atomic E-state index is 0.0135. The number of hydrogen-bond donors (Lipinski definition) is 2. The Labute approximate surface area is 92.0 Å². The van der Waals surface area contributed by atoms with Gasteiger partial charge in [0.2, 0.25) is 0 Å². The first-order valence-corrected chi connectivity index (χ1v) is 5.72. The van der Waals surface area contributed by atoms with E-state index in [9.17, 15) is 18.0 Å². The number of sulfonamides is 1. The van der Waals surface area contributed by atoms with E-state index in [2.05, 4.69) is 0 Å². The summed E-state index contributed by atoms with van der Waals surface area (Å²) in [4.78, 5) is 21.6. The second-order valence-corrected chi connectivity index (χ2v) is 4.54. The molecule has 1 aromatic carbocycles. The molecule has 0 saturated heterocycles. The molecule has 0 saturated carbocycles. The molecular formula is C9H9NO5S.